The Bertz CT molecular complexity index is 788. The van der Waals surface area contributed by atoms with Crippen LogP contribution in [-0.2, 0) is 4.79 Å². The van der Waals surface area contributed by atoms with Crippen LogP contribution in [0, 0.1) is 18.7 Å². The van der Waals surface area contributed by atoms with Crippen LogP contribution in [0.4, 0.5) is 15.8 Å². The minimum atomic E-state index is -0.375. The van der Waals surface area contributed by atoms with Gasteiger partial charge in [0.25, 0.3) is 5.91 Å². The van der Waals surface area contributed by atoms with E-state index in [1.54, 1.807) is 36.9 Å². The van der Waals surface area contributed by atoms with Gasteiger partial charge in [0.15, 0.2) is 0 Å². The number of carbonyl (C=O) groups excluding carboxylic acids is 2. The van der Waals surface area contributed by atoms with Gasteiger partial charge in [-0.25, -0.2) is 4.39 Å². The maximum absolute atomic E-state index is 13.3. The molecule has 0 saturated carbocycles. The van der Waals surface area contributed by atoms with Gasteiger partial charge >= 0.3 is 0 Å². The first kappa shape index (κ1) is 15.2. The first-order valence-corrected chi connectivity index (χ1v) is 7.45. The molecule has 1 heterocycles. The Hall–Kier alpha value is -2.69. The van der Waals surface area contributed by atoms with Gasteiger partial charge in [0, 0.05) is 12.1 Å². The number of aryl methyl sites for hydroxylation is 1. The second-order valence-electron chi connectivity index (χ2n) is 5.78. The molecule has 2 aromatic rings. The Balaban J connectivity index is 2.06. The van der Waals surface area contributed by atoms with Crippen LogP contribution < -0.4 is 10.2 Å². The molecule has 2 amide bonds. The van der Waals surface area contributed by atoms with Gasteiger partial charge in [-0.1, -0.05) is 19.1 Å². The highest BCUT2D eigenvalue weighted by Crippen LogP contribution is 2.31. The van der Waals surface area contributed by atoms with Gasteiger partial charge in [0.2, 0.25) is 5.91 Å². The number of nitrogens with zero attached hydrogens (tertiary/aromatic N) is 1. The number of hydrogen-bond donors (Lipinski definition) is 1. The van der Waals surface area contributed by atoms with E-state index >= 15 is 0 Å². The summed E-state index contributed by atoms with van der Waals surface area (Å²) in [6, 6.07) is 11.3. The number of fused-ring (bicyclic) bond motifs is 1. The summed E-state index contributed by atoms with van der Waals surface area (Å²) < 4.78 is 13.3. The van der Waals surface area contributed by atoms with Crippen molar-refractivity contribution in [2.75, 3.05) is 16.8 Å². The van der Waals surface area contributed by atoms with Crippen molar-refractivity contribution in [1.29, 1.82) is 0 Å². The van der Waals surface area contributed by atoms with Gasteiger partial charge < -0.3 is 10.2 Å². The summed E-state index contributed by atoms with van der Waals surface area (Å²) >= 11 is 0. The molecule has 0 aliphatic carbocycles. The predicted molar refractivity (Wildman–Crippen MR) is 87.0 cm³/mol. The van der Waals surface area contributed by atoms with Crippen molar-refractivity contribution in [2.45, 2.75) is 13.8 Å². The zero-order valence-corrected chi connectivity index (χ0v) is 13.0. The number of benzene rings is 2. The standard InChI is InChI=1S/C18H17FN2O2/c1-11-9-13(19)7-8-14(11)18(23)21-10-12(2)17(22)20-15-5-3-4-6-16(15)21/h3-9,12H,10H2,1-2H3,(H,20,22)/t12-/m1/s1. The maximum atomic E-state index is 13.3. The first-order valence-electron chi connectivity index (χ1n) is 7.45. The molecule has 4 nitrogen and oxygen atoms in total. The molecule has 5 heteroatoms. The van der Waals surface area contributed by atoms with Gasteiger partial charge in [-0.15, -0.1) is 0 Å². The Kier molecular flexibility index (Phi) is 3.86. The number of nitrogens with one attached hydrogen (secondary N) is 1. The largest absolute Gasteiger partial charge is 0.324 e. The lowest BCUT2D eigenvalue weighted by Crippen LogP contribution is -2.36. The van der Waals surface area contributed by atoms with Crippen LogP contribution in [0.1, 0.15) is 22.8 Å². The zero-order chi connectivity index (χ0) is 16.6. The van der Waals surface area contributed by atoms with Crippen LogP contribution in [-0.4, -0.2) is 18.4 Å². The van der Waals surface area contributed by atoms with Gasteiger partial charge in [-0.05, 0) is 42.8 Å². The smallest absolute Gasteiger partial charge is 0.258 e. The van der Waals surface area contributed by atoms with Crippen LogP contribution in [0.5, 0.6) is 0 Å². The summed E-state index contributed by atoms with van der Waals surface area (Å²) in [4.78, 5) is 26.6. The Labute approximate surface area is 133 Å². The van der Waals surface area contributed by atoms with Crippen LogP contribution in [0.25, 0.3) is 0 Å². The number of amides is 2. The monoisotopic (exact) mass is 312 g/mol. The third kappa shape index (κ3) is 2.82. The number of para-hydroxylation sites is 2. The van der Waals surface area contributed by atoms with E-state index in [2.05, 4.69) is 5.32 Å². The average molecular weight is 312 g/mol. The molecule has 1 atom stereocenters. The summed E-state index contributed by atoms with van der Waals surface area (Å²) in [5.74, 6) is -1.07. The second kappa shape index (κ2) is 5.83. The Morgan fingerprint density at radius 3 is 2.74 bits per heavy atom. The lowest BCUT2D eigenvalue weighted by molar-refractivity contribution is -0.119. The fourth-order valence-electron chi connectivity index (χ4n) is 2.73. The number of rotatable bonds is 1. The van der Waals surface area contributed by atoms with Crippen LogP contribution in [0.3, 0.4) is 0 Å². The van der Waals surface area contributed by atoms with Crippen molar-refractivity contribution in [3.05, 3.63) is 59.4 Å². The lowest BCUT2D eigenvalue weighted by atomic mass is 10.1. The molecule has 2 aromatic carbocycles. The van der Waals surface area contributed by atoms with Crippen molar-refractivity contribution >= 4 is 23.2 Å². The highest BCUT2D eigenvalue weighted by atomic mass is 19.1. The quantitative estimate of drug-likeness (QED) is 0.877. The van der Waals surface area contributed by atoms with E-state index < -0.39 is 0 Å². The number of carbonyl (C=O) groups is 2. The number of halogens is 1. The summed E-state index contributed by atoms with van der Waals surface area (Å²) in [7, 11) is 0. The van der Waals surface area contributed by atoms with E-state index in [1.165, 1.54) is 18.2 Å². The van der Waals surface area contributed by atoms with Crippen molar-refractivity contribution in [2.24, 2.45) is 5.92 Å². The van der Waals surface area contributed by atoms with E-state index in [9.17, 15) is 14.0 Å². The zero-order valence-electron chi connectivity index (χ0n) is 13.0. The molecule has 0 saturated heterocycles. The van der Waals surface area contributed by atoms with Crippen LogP contribution in [0.15, 0.2) is 42.5 Å². The first-order chi connectivity index (χ1) is 11.0. The molecule has 3 rings (SSSR count). The van der Waals surface area contributed by atoms with Gasteiger partial charge in [-0.2, -0.15) is 0 Å². The van der Waals surface area contributed by atoms with Crippen LogP contribution in [0.2, 0.25) is 0 Å². The van der Waals surface area contributed by atoms with E-state index in [4.69, 9.17) is 0 Å². The molecule has 0 aromatic heterocycles. The van der Waals surface area contributed by atoms with E-state index in [0.717, 1.165) is 0 Å². The topological polar surface area (TPSA) is 49.4 Å². The van der Waals surface area contributed by atoms with Crippen molar-refractivity contribution < 1.29 is 14.0 Å². The van der Waals surface area contributed by atoms with Crippen molar-refractivity contribution in [1.82, 2.24) is 0 Å². The number of hydrogen-bond acceptors (Lipinski definition) is 2. The van der Waals surface area contributed by atoms with E-state index in [1.807, 2.05) is 6.07 Å². The fraction of sp³-hybridized carbons (Fsp3) is 0.222. The summed E-state index contributed by atoms with van der Waals surface area (Å²) in [6.07, 6.45) is 0. The van der Waals surface area contributed by atoms with Crippen molar-refractivity contribution in [3.63, 3.8) is 0 Å². The number of anilines is 2. The van der Waals surface area contributed by atoms with Crippen LogP contribution >= 0.6 is 0 Å². The summed E-state index contributed by atoms with van der Waals surface area (Å²) in [6.45, 7) is 3.75. The average Bonchev–Trinajstić information content (AvgIpc) is 2.64. The predicted octanol–water partition coefficient (Wildman–Crippen LogP) is 3.37. The molecule has 23 heavy (non-hydrogen) atoms. The SMILES string of the molecule is Cc1cc(F)ccc1C(=O)N1C[C@@H](C)C(=O)Nc2ccccc21. The minimum Gasteiger partial charge on any atom is -0.324 e. The minimum absolute atomic E-state index is 0.122. The highest BCUT2D eigenvalue weighted by Gasteiger charge is 2.29. The van der Waals surface area contributed by atoms with Gasteiger partial charge in [-0.3, -0.25) is 9.59 Å². The molecule has 1 aliphatic rings. The molecule has 0 spiro atoms. The molecule has 1 aliphatic heterocycles. The van der Waals surface area contributed by atoms with Crippen molar-refractivity contribution in [3.8, 4) is 0 Å². The third-order valence-electron chi connectivity index (χ3n) is 4.02. The summed E-state index contributed by atoms with van der Waals surface area (Å²) in [5, 5.41) is 2.84. The molecule has 0 radical (unpaired) electrons. The highest BCUT2D eigenvalue weighted by molar-refractivity contribution is 6.11. The molecular formula is C18H17FN2O2. The molecule has 118 valence electrons. The third-order valence-corrected chi connectivity index (χ3v) is 4.02. The molecule has 0 bridgehead atoms. The van der Waals surface area contributed by atoms with E-state index in [0.29, 0.717) is 22.5 Å². The molecular weight excluding hydrogens is 295 g/mol. The van der Waals surface area contributed by atoms with Gasteiger partial charge in [0.05, 0.1) is 17.3 Å². The Morgan fingerprint density at radius 2 is 2.00 bits per heavy atom. The fourth-order valence-corrected chi connectivity index (χ4v) is 2.73. The normalized spacial score (nSPS) is 17.3. The molecule has 0 unspecified atom stereocenters. The molecule has 1 N–H and O–H groups in total. The van der Waals surface area contributed by atoms with Gasteiger partial charge in [0.1, 0.15) is 5.82 Å². The van der Waals surface area contributed by atoms with E-state index in [-0.39, 0.29) is 30.1 Å². The summed E-state index contributed by atoms with van der Waals surface area (Å²) in [5.41, 5.74) is 2.26. The lowest BCUT2D eigenvalue weighted by Gasteiger charge is -2.24. The Morgan fingerprint density at radius 1 is 1.26 bits per heavy atom. The maximum Gasteiger partial charge on any atom is 0.258 e. The molecule has 0 fully saturated rings. The second-order valence-corrected chi connectivity index (χ2v) is 5.78.